The topological polar surface area (TPSA) is 47.6 Å². The molecular weight excluding hydrogens is 194 g/mol. The van der Waals surface area contributed by atoms with Crippen molar-refractivity contribution in [1.82, 2.24) is 5.32 Å². The van der Waals surface area contributed by atoms with Crippen molar-refractivity contribution in [2.24, 2.45) is 0 Å². The molecule has 2 aliphatic rings. The molecule has 1 amide bonds. The number of fused-ring (bicyclic) bond motifs is 2. The molecule has 0 aromatic heterocycles. The minimum Gasteiger partial charge on any atom is -0.454 e. The van der Waals surface area contributed by atoms with Gasteiger partial charge in [-0.2, -0.15) is 0 Å². The van der Waals surface area contributed by atoms with Gasteiger partial charge in [-0.05, 0) is 31.5 Å². The predicted octanol–water partition coefficient (Wildman–Crippen LogP) is 1.39. The molecule has 2 aliphatic heterocycles. The van der Waals surface area contributed by atoms with Crippen molar-refractivity contribution in [3.05, 3.63) is 23.3 Å². The lowest BCUT2D eigenvalue weighted by Crippen LogP contribution is -2.32. The summed E-state index contributed by atoms with van der Waals surface area (Å²) in [5.41, 5.74) is 1.33. The van der Waals surface area contributed by atoms with Crippen LogP contribution < -0.4 is 14.8 Å². The van der Waals surface area contributed by atoms with E-state index in [4.69, 9.17) is 9.47 Å². The minimum absolute atomic E-state index is 0.0479. The number of carbonyl (C=O) groups is 1. The van der Waals surface area contributed by atoms with Crippen molar-refractivity contribution in [2.75, 3.05) is 6.79 Å². The molecule has 0 atom stereocenters. The molecule has 0 bridgehead atoms. The maximum atomic E-state index is 11.7. The second-order valence-corrected chi connectivity index (χ2v) is 4.33. The smallest absolute Gasteiger partial charge is 0.252 e. The molecule has 2 heterocycles. The van der Waals surface area contributed by atoms with Crippen LogP contribution in [0.5, 0.6) is 11.5 Å². The second-order valence-electron chi connectivity index (χ2n) is 4.33. The highest BCUT2D eigenvalue weighted by Crippen LogP contribution is 2.40. The average molecular weight is 205 g/mol. The number of carbonyl (C=O) groups excluding carboxylic acids is 1. The second kappa shape index (κ2) is 2.45. The molecule has 78 valence electrons. The first kappa shape index (κ1) is 8.59. The molecule has 1 N–H and O–H groups in total. The summed E-state index contributed by atoms with van der Waals surface area (Å²) in [5.74, 6) is 1.33. The summed E-state index contributed by atoms with van der Waals surface area (Å²) < 4.78 is 10.5. The molecular formula is C11H11NO3. The molecule has 1 aromatic carbocycles. The van der Waals surface area contributed by atoms with E-state index in [0.29, 0.717) is 11.3 Å². The maximum Gasteiger partial charge on any atom is 0.252 e. The van der Waals surface area contributed by atoms with Crippen LogP contribution in [0.4, 0.5) is 0 Å². The first-order chi connectivity index (χ1) is 7.08. The van der Waals surface area contributed by atoms with Gasteiger partial charge in [0.05, 0.1) is 5.54 Å². The first-order valence-electron chi connectivity index (χ1n) is 4.84. The number of benzene rings is 1. The fourth-order valence-corrected chi connectivity index (χ4v) is 2.07. The first-order valence-corrected chi connectivity index (χ1v) is 4.84. The predicted molar refractivity (Wildman–Crippen MR) is 53.1 cm³/mol. The summed E-state index contributed by atoms with van der Waals surface area (Å²) in [4.78, 5) is 11.7. The van der Waals surface area contributed by atoms with Crippen LogP contribution in [0, 0.1) is 0 Å². The molecule has 1 aromatic rings. The molecule has 4 heteroatoms. The van der Waals surface area contributed by atoms with Crippen LogP contribution in [0.3, 0.4) is 0 Å². The third-order valence-electron chi connectivity index (χ3n) is 2.86. The van der Waals surface area contributed by atoms with Gasteiger partial charge in [0.1, 0.15) is 0 Å². The van der Waals surface area contributed by atoms with Crippen LogP contribution in [-0.4, -0.2) is 12.7 Å². The van der Waals surface area contributed by atoms with E-state index < -0.39 is 0 Å². The third-order valence-corrected chi connectivity index (χ3v) is 2.86. The fourth-order valence-electron chi connectivity index (χ4n) is 2.07. The zero-order valence-electron chi connectivity index (χ0n) is 8.59. The lowest BCUT2D eigenvalue weighted by atomic mass is 9.94. The van der Waals surface area contributed by atoms with E-state index in [1.54, 1.807) is 6.07 Å². The van der Waals surface area contributed by atoms with E-state index in [0.717, 1.165) is 11.3 Å². The van der Waals surface area contributed by atoms with Crippen LogP contribution in [0.25, 0.3) is 0 Å². The zero-order chi connectivity index (χ0) is 10.6. The normalized spacial score (nSPS) is 20.0. The Morgan fingerprint density at radius 2 is 1.93 bits per heavy atom. The van der Waals surface area contributed by atoms with Gasteiger partial charge in [0.25, 0.3) is 5.91 Å². The Morgan fingerprint density at radius 1 is 1.27 bits per heavy atom. The van der Waals surface area contributed by atoms with E-state index in [1.807, 2.05) is 19.9 Å². The Kier molecular flexibility index (Phi) is 1.40. The highest BCUT2D eigenvalue weighted by atomic mass is 16.7. The molecule has 3 rings (SSSR count). The van der Waals surface area contributed by atoms with Crippen LogP contribution in [0.2, 0.25) is 0 Å². The highest BCUT2D eigenvalue weighted by Gasteiger charge is 2.37. The lowest BCUT2D eigenvalue weighted by Gasteiger charge is -2.18. The SMILES string of the molecule is CC1(C)NC(=O)c2cc3c(cc21)OCO3. The van der Waals surface area contributed by atoms with E-state index in [2.05, 4.69) is 5.32 Å². The van der Waals surface area contributed by atoms with Gasteiger partial charge in [-0.25, -0.2) is 0 Å². The average Bonchev–Trinajstić information content (AvgIpc) is 2.68. The quantitative estimate of drug-likeness (QED) is 0.696. The van der Waals surface area contributed by atoms with Crippen LogP contribution in [0.1, 0.15) is 29.8 Å². The molecule has 0 spiro atoms. The molecule has 0 saturated heterocycles. The van der Waals surface area contributed by atoms with E-state index in [9.17, 15) is 4.79 Å². The summed E-state index contributed by atoms with van der Waals surface area (Å²) in [6.45, 7) is 4.18. The zero-order valence-corrected chi connectivity index (χ0v) is 8.59. The van der Waals surface area contributed by atoms with Crippen LogP contribution >= 0.6 is 0 Å². The summed E-state index contributed by atoms with van der Waals surface area (Å²) >= 11 is 0. The molecule has 0 aliphatic carbocycles. The van der Waals surface area contributed by atoms with Gasteiger partial charge >= 0.3 is 0 Å². The molecule has 4 nitrogen and oxygen atoms in total. The summed E-state index contributed by atoms with van der Waals surface area (Å²) in [5, 5.41) is 2.91. The number of rotatable bonds is 0. The molecule has 0 radical (unpaired) electrons. The van der Waals surface area contributed by atoms with Crippen molar-refractivity contribution in [1.29, 1.82) is 0 Å². The number of amides is 1. The van der Waals surface area contributed by atoms with Crippen LogP contribution in [0.15, 0.2) is 12.1 Å². The van der Waals surface area contributed by atoms with Crippen molar-refractivity contribution >= 4 is 5.91 Å². The maximum absolute atomic E-state index is 11.7. The Hall–Kier alpha value is -1.71. The number of hydrogen-bond donors (Lipinski definition) is 1. The number of nitrogens with one attached hydrogen (secondary N) is 1. The van der Waals surface area contributed by atoms with Crippen molar-refractivity contribution in [3.8, 4) is 11.5 Å². The monoisotopic (exact) mass is 205 g/mol. The van der Waals surface area contributed by atoms with Gasteiger partial charge in [0, 0.05) is 5.56 Å². The Balaban J connectivity index is 2.25. The largest absolute Gasteiger partial charge is 0.454 e. The van der Waals surface area contributed by atoms with E-state index in [1.165, 1.54) is 0 Å². The van der Waals surface area contributed by atoms with Gasteiger partial charge < -0.3 is 14.8 Å². The highest BCUT2D eigenvalue weighted by molar-refractivity contribution is 6.00. The van der Waals surface area contributed by atoms with Crippen molar-refractivity contribution in [3.63, 3.8) is 0 Å². The van der Waals surface area contributed by atoms with E-state index >= 15 is 0 Å². The minimum atomic E-state index is -0.326. The Bertz CT molecular complexity index is 465. The summed E-state index contributed by atoms with van der Waals surface area (Å²) in [6.07, 6.45) is 0. The number of hydrogen-bond acceptors (Lipinski definition) is 3. The van der Waals surface area contributed by atoms with Crippen molar-refractivity contribution in [2.45, 2.75) is 19.4 Å². The molecule has 15 heavy (non-hydrogen) atoms. The van der Waals surface area contributed by atoms with Crippen LogP contribution in [-0.2, 0) is 5.54 Å². The molecule has 0 saturated carbocycles. The van der Waals surface area contributed by atoms with Gasteiger partial charge in [-0.3, -0.25) is 4.79 Å². The molecule has 0 unspecified atom stereocenters. The Labute approximate surface area is 87.2 Å². The standard InChI is InChI=1S/C11H11NO3/c1-11(2)7-4-9-8(14-5-15-9)3-6(7)10(13)12-11/h3-4H,5H2,1-2H3,(H,12,13). The van der Waals surface area contributed by atoms with Gasteiger partial charge in [0.2, 0.25) is 6.79 Å². The third kappa shape index (κ3) is 1.04. The van der Waals surface area contributed by atoms with Gasteiger partial charge in [0.15, 0.2) is 11.5 Å². The summed E-state index contributed by atoms with van der Waals surface area (Å²) in [6, 6.07) is 3.64. The lowest BCUT2D eigenvalue weighted by molar-refractivity contribution is 0.0939. The molecule has 0 fully saturated rings. The van der Waals surface area contributed by atoms with Gasteiger partial charge in [-0.1, -0.05) is 0 Å². The summed E-state index contributed by atoms with van der Waals surface area (Å²) in [7, 11) is 0. The van der Waals surface area contributed by atoms with Crippen molar-refractivity contribution < 1.29 is 14.3 Å². The van der Waals surface area contributed by atoms with Gasteiger partial charge in [-0.15, -0.1) is 0 Å². The van der Waals surface area contributed by atoms with E-state index in [-0.39, 0.29) is 18.2 Å². The Morgan fingerprint density at radius 3 is 2.67 bits per heavy atom. The fraction of sp³-hybridized carbons (Fsp3) is 0.364. The number of ether oxygens (including phenoxy) is 2.